The van der Waals surface area contributed by atoms with E-state index in [1.807, 2.05) is 0 Å². The molecule has 2 amide bonds. The summed E-state index contributed by atoms with van der Waals surface area (Å²) in [5.41, 5.74) is 0.617. The van der Waals surface area contributed by atoms with Crippen molar-refractivity contribution in [2.45, 2.75) is 19.0 Å². The van der Waals surface area contributed by atoms with Crippen LogP contribution in [-0.2, 0) is 11.3 Å². The van der Waals surface area contributed by atoms with Gasteiger partial charge in [0.25, 0.3) is 5.69 Å². The molecule has 1 aromatic rings. The number of nitro benzene ring substituents is 1. The zero-order valence-electron chi connectivity index (χ0n) is 11.1. The number of carbonyl (C=O) groups is 2. The number of carbonyl (C=O) groups excluding carboxylic acids is 1. The summed E-state index contributed by atoms with van der Waals surface area (Å²) < 4.78 is 0. The number of amides is 2. The molecule has 8 nitrogen and oxygen atoms in total. The van der Waals surface area contributed by atoms with Gasteiger partial charge < -0.3 is 15.7 Å². The molecule has 0 saturated heterocycles. The number of benzene rings is 1. The molecular weight excluding hydrogens is 278 g/mol. The topological polar surface area (TPSA) is 122 Å². The Hall–Kier alpha value is -2.90. The van der Waals surface area contributed by atoms with Crippen LogP contribution in [0.5, 0.6) is 0 Å². The van der Waals surface area contributed by atoms with Crippen molar-refractivity contribution in [3.63, 3.8) is 0 Å². The van der Waals surface area contributed by atoms with Gasteiger partial charge in [0.2, 0.25) is 0 Å². The summed E-state index contributed by atoms with van der Waals surface area (Å²) in [5, 5.41) is 24.1. The molecule has 1 unspecified atom stereocenters. The van der Waals surface area contributed by atoms with Crippen LogP contribution in [0.3, 0.4) is 0 Å². The van der Waals surface area contributed by atoms with Gasteiger partial charge in [-0.3, -0.25) is 10.1 Å². The quantitative estimate of drug-likeness (QED) is 0.399. The van der Waals surface area contributed by atoms with E-state index in [-0.39, 0.29) is 18.7 Å². The number of hydrogen-bond acceptors (Lipinski definition) is 4. The maximum Gasteiger partial charge on any atom is 0.326 e. The predicted octanol–water partition coefficient (Wildman–Crippen LogP) is 1.42. The Bertz CT molecular complexity index is 541. The summed E-state index contributed by atoms with van der Waals surface area (Å²) in [6, 6.07) is 3.99. The fraction of sp³-hybridized carbons (Fsp3) is 0.231. The molecular formula is C13H15N3O5. The molecule has 0 spiro atoms. The molecule has 0 aromatic heterocycles. The minimum Gasteiger partial charge on any atom is -0.480 e. The number of rotatable bonds is 7. The molecule has 0 heterocycles. The van der Waals surface area contributed by atoms with Crippen LogP contribution < -0.4 is 10.6 Å². The van der Waals surface area contributed by atoms with E-state index in [0.717, 1.165) is 0 Å². The van der Waals surface area contributed by atoms with Crippen molar-refractivity contribution in [1.82, 2.24) is 10.6 Å². The van der Waals surface area contributed by atoms with Crippen LogP contribution in [0.1, 0.15) is 12.0 Å². The predicted molar refractivity (Wildman–Crippen MR) is 74.7 cm³/mol. The number of urea groups is 1. The van der Waals surface area contributed by atoms with Crippen molar-refractivity contribution >= 4 is 17.7 Å². The van der Waals surface area contributed by atoms with E-state index < -0.39 is 23.0 Å². The normalized spacial score (nSPS) is 11.2. The van der Waals surface area contributed by atoms with Crippen LogP contribution in [0, 0.1) is 10.1 Å². The summed E-state index contributed by atoms with van der Waals surface area (Å²) >= 11 is 0. The van der Waals surface area contributed by atoms with Gasteiger partial charge in [0, 0.05) is 18.7 Å². The number of nitro groups is 1. The first kappa shape index (κ1) is 16.2. The summed E-state index contributed by atoms with van der Waals surface area (Å²) in [6.45, 7) is 3.55. The Balaban J connectivity index is 2.50. The van der Waals surface area contributed by atoms with Gasteiger partial charge in [-0.25, -0.2) is 9.59 Å². The average molecular weight is 293 g/mol. The van der Waals surface area contributed by atoms with E-state index >= 15 is 0 Å². The molecule has 21 heavy (non-hydrogen) atoms. The molecule has 0 bridgehead atoms. The van der Waals surface area contributed by atoms with Crippen LogP contribution >= 0.6 is 0 Å². The van der Waals surface area contributed by atoms with E-state index in [0.29, 0.717) is 5.56 Å². The lowest BCUT2D eigenvalue weighted by molar-refractivity contribution is -0.384. The molecule has 0 saturated carbocycles. The van der Waals surface area contributed by atoms with Crippen molar-refractivity contribution in [2.75, 3.05) is 0 Å². The van der Waals surface area contributed by atoms with Gasteiger partial charge in [-0.15, -0.1) is 6.58 Å². The molecule has 0 aliphatic rings. The van der Waals surface area contributed by atoms with Crippen molar-refractivity contribution in [3.8, 4) is 0 Å². The number of hydrogen-bond donors (Lipinski definition) is 3. The first-order valence-corrected chi connectivity index (χ1v) is 6.05. The fourth-order valence-corrected chi connectivity index (χ4v) is 1.52. The number of aliphatic carboxylic acids is 1. The van der Waals surface area contributed by atoms with Crippen LogP contribution in [0.15, 0.2) is 36.9 Å². The highest BCUT2D eigenvalue weighted by Crippen LogP contribution is 2.11. The maximum absolute atomic E-state index is 11.6. The summed E-state index contributed by atoms with van der Waals surface area (Å²) in [6.07, 6.45) is 1.51. The molecule has 0 radical (unpaired) electrons. The number of nitrogens with zero attached hydrogens (tertiary/aromatic N) is 1. The second-order valence-corrected chi connectivity index (χ2v) is 4.17. The number of carboxylic acid groups (broad SMARTS) is 1. The lowest BCUT2D eigenvalue weighted by Gasteiger charge is -2.13. The van der Waals surface area contributed by atoms with Crippen LogP contribution in [0.4, 0.5) is 10.5 Å². The van der Waals surface area contributed by atoms with Gasteiger partial charge in [-0.2, -0.15) is 0 Å². The van der Waals surface area contributed by atoms with Crippen molar-refractivity contribution < 1.29 is 19.6 Å². The van der Waals surface area contributed by atoms with E-state index in [4.69, 9.17) is 5.11 Å². The number of non-ortho nitro benzene ring substituents is 1. The Morgan fingerprint density at radius 3 is 2.48 bits per heavy atom. The van der Waals surface area contributed by atoms with Gasteiger partial charge in [-0.05, 0) is 12.0 Å². The van der Waals surface area contributed by atoms with Crippen LogP contribution in [0.25, 0.3) is 0 Å². The molecule has 0 aliphatic heterocycles. The van der Waals surface area contributed by atoms with E-state index in [1.165, 1.54) is 30.3 Å². The molecule has 8 heteroatoms. The standard InChI is InChI=1S/C13H15N3O5/c1-2-3-11(12(17)18)15-13(19)14-8-9-4-6-10(7-5-9)16(20)21/h2,4-7,11H,1,3,8H2,(H,17,18)(H2,14,15,19). The highest BCUT2D eigenvalue weighted by molar-refractivity contribution is 5.82. The van der Waals surface area contributed by atoms with Gasteiger partial charge in [0.05, 0.1) is 4.92 Å². The van der Waals surface area contributed by atoms with Gasteiger partial charge >= 0.3 is 12.0 Å². The van der Waals surface area contributed by atoms with Crippen molar-refractivity contribution in [1.29, 1.82) is 0 Å². The van der Waals surface area contributed by atoms with E-state index in [2.05, 4.69) is 17.2 Å². The van der Waals surface area contributed by atoms with E-state index in [9.17, 15) is 19.7 Å². The maximum atomic E-state index is 11.6. The van der Waals surface area contributed by atoms with Gasteiger partial charge in [0.15, 0.2) is 0 Å². The number of nitrogens with one attached hydrogen (secondary N) is 2. The Kier molecular flexibility index (Phi) is 5.87. The Morgan fingerprint density at radius 2 is 2.00 bits per heavy atom. The zero-order valence-corrected chi connectivity index (χ0v) is 11.1. The van der Waals surface area contributed by atoms with Crippen molar-refractivity contribution in [3.05, 3.63) is 52.6 Å². The fourth-order valence-electron chi connectivity index (χ4n) is 1.52. The number of carboxylic acids is 1. The van der Waals surface area contributed by atoms with Crippen LogP contribution in [0.2, 0.25) is 0 Å². The molecule has 1 aromatic carbocycles. The van der Waals surface area contributed by atoms with Crippen LogP contribution in [-0.4, -0.2) is 28.1 Å². The second kappa shape index (κ2) is 7.63. The first-order chi connectivity index (χ1) is 9.93. The Morgan fingerprint density at radius 1 is 1.38 bits per heavy atom. The average Bonchev–Trinajstić information content (AvgIpc) is 2.45. The minimum absolute atomic E-state index is 0.0416. The summed E-state index contributed by atoms with van der Waals surface area (Å²) in [4.78, 5) is 32.4. The molecule has 0 fully saturated rings. The Labute approximate surface area is 120 Å². The molecule has 0 aliphatic carbocycles. The third kappa shape index (κ3) is 5.31. The SMILES string of the molecule is C=CCC(NC(=O)NCc1ccc([N+](=O)[O-])cc1)C(=O)O. The lowest BCUT2D eigenvalue weighted by atomic mass is 10.2. The lowest BCUT2D eigenvalue weighted by Crippen LogP contribution is -2.45. The second-order valence-electron chi connectivity index (χ2n) is 4.17. The van der Waals surface area contributed by atoms with E-state index in [1.54, 1.807) is 0 Å². The molecule has 112 valence electrons. The van der Waals surface area contributed by atoms with Gasteiger partial charge in [0.1, 0.15) is 6.04 Å². The van der Waals surface area contributed by atoms with Crippen molar-refractivity contribution in [2.24, 2.45) is 0 Å². The minimum atomic E-state index is -1.15. The van der Waals surface area contributed by atoms with Gasteiger partial charge in [-0.1, -0.05) is 18.2 Å². The highest BCUT2D eigenvalue weighted by Gasteiger charge is 2.17. The molecule has 3 N–H and O–H groups in total. The third-order valence-electron chi connectivity index (χ3n) is 2.61. The smallest absolute Gasteiger partial charge is 0.326 e. The largest absolute Gasteiger partial charge is 0.480 e. The zero-order chi connectivity index (χ0) is 15.8. The highest BCUT2D eigenvalue weighted by atomic mass is 16.6. The summed E-state index contributed by atoms with van der Waals surface area (Å²) in [7, 11) is 0. The summed E-state index contributed by atoms with van der Waals surface area (Å²) in [5.74, 6) is -1.15. The molecule has 1 rings (SSSR count). The third-order valence-corrected chi connectivity index (χ3v) is 2.61. The molecule has 1 atom stereocenters. The first-order valence-electron chi connectivity index (χ1n) is 6.05. The monoisotopic (exact) mass is 293 g/mol.